The first-order chi connectivity index (χ1) is 14.2. The molecule has 0 radical (unpaired) electrons. The van der Waals surface area contributed by atoms with Crippen molar-refractivity contribution >= 4 is 17.3 Å². The van der Waals surface area contributed by atoms with Gasteiger partial charge in [-0.3, -0.25) is 4.79 Å². The molecule has 1 aromatic heterocycles. The highest BCUT2D eigenvalue weighted by Gasteiger charge is 2.18. The number of carbonyl (C=O) groups is 1. The number of amides is 1. The Morgan fingerprint density at radius 1 is 1.14 bits per heavy atom. The zero-order chi connectivity index (χ0) is 20.1. The van der Waals surface area contributed by atoms with Crippen molar-refractivity contribution in [2.24, 2.45) is 0 Å². The van der Waals surface area contributed by atoms with E-state index in [-0.39, 0.29) is 12.5 Å². The minimum atomic E-state index is -0.209. The van der Waals surface area contributed by atoms with Crippen LogP contribution in [0.4, 0.5) is 11.4 Å². The van der Waals surface area contributed by atoms with E-state index in [9.17, 15) is 4.79 Å². The standard InChI is InChI=1S/C21H24N6O2/c1-2-16-5-8-18(9-6-16)29-14-21(28)23-19-13-17(27-15-22-24-25-27)7-10-20(19)26-11-3-4-12-26/h5-10,13,15H,2-4,11-12,14H2,1H3,(H,23,28). The van der Waals surface area contributed by atoms with Crippen LogP contribution < -0.4 is 15.0 Å². The molecule has 8 heteroatoms. The second-order valence-corrected chi connectivity index (χ2v) is 6.98. The number of benzene rings is 2. The molecule has 1 aliphatic heterocycles. The minimum Gasteiger partial charge on any atom is -0.484 e. The van der Waals surface area contributed by atoms with Gasteiger partial charge in [-0.15, -0.1) is 5.10 Å². The van der Waals surface area contributed by atoms with Gasteiger partial charge >= 0.3 is 0 Å². The smallest absolute Gasteiger partial charge is 0.262 e. The lowest BCUT2D eigenvalue weighted by Gasteiger charge is -2.22. The third-order valence-electron chi connectivity index (χ3n) is 5.02. The van der Waals surface area contributed by atoms with E-state index in [0.29, 0.717) is 5.75 Å². The molecule has 8 nitrogen and oxygen atoms in total. The average molecular weight is 392 g/mol. The Balaban J connectivity index is 1.48. The third kappa shape index (κ3) is 4.53. The third-order valence-corrected chi connectivity index (χ3v) is 5.02. The van der Waals surface area contributed by atoms with Crippen LogP contribution in [0, 0.1) is 0 Å². The van der Waals surface area contributed by atoms with E-state index < -0.39 is 0 Å². The first-order valence-electron chi connectivity index (χ1n) is 9.87. The van der Waals surface area contributed by atoms with Gasteiger partial charge in [-0.2, -0.15) is 0 Å². The van der Waals surface area contributed by atoms with E-state index in [2.05, 4.69) is 32.7 Å². The number of carbonyl (C=O) groups excluding carboxylic acids is 1. The molecule has 1 amide bonds. The molecule has 0 unspecified atom stereocenters. The lowest BCUT2D eigenvalue weighted by Crippen LogP contribution is -2.24. The molecule has 1 fully saturated rings. The molecule has 0 aliphatic carbocycles. The fourth-order valence-corrected chi connectivity index (χ4v) is 3.44. The van der Waals surface area contributed by atoms with Crippen molar-refractivity contribution in [1.29, 1.82) is 0 Å². The van der Waals surface area contributed by atoms with Gasteiger partial charge in [-0.1, -0.05) is 19.1 Å². The molecule has 3 aromatic rings. The highest BCUT2D eigenvalue weighted by atomic mass is 16.5. The van der Waals surface area contributed by atoms with E-state index in [1.807, 2.05) is 42.5 Å². The SMILES string of the molecule is CCc1ccc(OCC(=O)Nc2cc(-n3cnnn3)ccc2N2CCCC2)cc1. The van der Waals surface area contributed by atoms with Crippen molar-refractivity contribution in [3.63, 3.8) is 0 Å². The first kappa shape index (κ1) is 18.9. The number of anilines is 2. The molecule has 2 heterocycles. The summed E-state index contributed by atoms with van der Waals surface area (Å²) in [5.41, 5.74) is 3.75. The van der Waals surface area contributed by atoms with Gasteiger partial charge in [0.1, 0.15) is 12.1 Å². The number of hydrogen-bond acceptors (Lipinski definition) is 6. The Labute approximate surface area is 169 Å². The van der Waals surface area contributed by atoms with E-state index in [1.54, 1.807) is 4.68 Å². The van der Waals surface area contributed by atoms with Crippen LogP contribution in [0.1, 0.15) is 25.3 Å². The Bertz CT molecular complexity index is 950. The number of hydrogen-bond donors (Lipinski definition) is 1. The lowest BCUT2D eigenvalue weighted by atomic mass is 10.2. The van der Waals surface area contributed by atoms with Gasteiger partial charge < -0.3 is 15.0 Å². The fraction of sp³-hybridized carbons (Fsp3) is 0.333. The monoisotopic (exact) mass is 392 g/mol. The van der Waals surface area contributed by atoms with Crippen LogP contribution in [0.25, 0.3) is 5.69 Å². The Kier molecular flexibility index (Phi) is 5.69. The number of nitrogens with zero attached hydrogens (tertiary/aromatic N) is 5. The zero-order valence-corrected chi connectivity index (χ0v) is 16.4. The van der Waals surface area contributed by atoms with Gasteiger partial charge in [-0.05, 0) is 65.6 Å². The van der Waals surface area contributed by atoms with Crippen LogP contribution in [-0.4, -0.2) is 45.8 Å². The summed E-state index contributed by atoms with van der Waals surface area (Å²) in [7, 11) is 0. The highest BCUT2D eigenvalue weighted by Crippen LogP contribution is 2.31. The Hall–Kier alpha value is -3.42. The second kappa shape index (κ2) is 8.72. The number of nitrogens with one attached hydrogen (secondary N) is 1. The molecule has 4 rings (SSSR count). The summed E-state index contributed by atoms with van der Waals surface area (Å²) in [6, 6.07) is 13.6. The van der Waals surface area contributed by atoms with Crippen LogP contribution in [0.2, 0.25) is 0 Å². The summed E-state index contributed by atoms with van der Waals surface area (Å²) in [6.45, 7) is 4.01. The fourth-order valence-electron chi connectivity index (χ4n) is 3.44. The van der Waals surface area contributed by atoms with Crippen molar-refractivity contribution in [1.82, 2.24) is 20.2 Å². The molecule has 0 bridgehead atoms. The molecular formula is C21H24N6O2. The maximum Gasteiger partial charge on any atom is 0.262 e. The Morgan fingerprint density at radius 3 is 2.62 bits per heavy atom. The summed E-state index contributed by atoms with van der Waals surface area (Å²) in [6.07, 6.45) is 4.80. The quantitative estimate of drug-likeness (QED) is 0.666. The molecular weight excluding hydrogens is 368 g/mol. The summed E-state index contributed by atoms with van der Waals surface area (Å²) >= 11 is 0. The molecule has 1 N–H and O–H groups in total. The van der Waals surface area contributed by atoms with Gasteiger partial charge in [0, 0.05) is 13.1 Å². The zero-order valence-electron chi connectivity index (χ0n) is 16.4. The van der Waals surface area contributed by atoms with Crippen molar-refractivity contribution < 1.29 is 9.53 Å². The van der Waals surface area contributed by atoms with Crippen LogP contribution >= 0.6 is 0 Å². The number of aromatic nitrogens is 4. The average Bonchev–Trinajstić information content (AvgIpc) is 3.47. The van der Waals surface area contributed by atoms with Crippen LogP contribution in [0.15, 0.2) is 48.8 Å². The van der Waals surface area contributed by atoms with Crippen LogP contribution in [-0.2, 0) is 11.2 Å². The molecule has 2 aromatic carbocycles. The van der Waals surface area contributed by atoms with Crippen molar-refractivity contribution in [2.45, 2.75) is 26.2 Å². The number of ether oxygens (including phenoxy) is 1. The summed E-state index contributed by atoms with van der Waals surface area (Å²) in [5.74, 6) is 0.471. The molecule has 150 valence electrons. The van der Waals surface area contributed by atoms with Gasteiger partial charge in [-0.25, -0.2) is 4.68 Å². The van der Waals surface area contributed by atoms with Crippen LogP contribution in [0.3, 0.4) is 0 Å². The van der Waals surface area contributed by atoms with E-state index in [1.165, 1.54) is 11.9 Å². The van der Waals surface area contributed by atoms with Crippen molar-refractivity contribution in [3.05, 3.63) is 54.4 Å². The predicted molar refractivity (Wildman–Crippen MR) is 111 cm³/mol. The van der Waals surface area contributed by atoms with Crippen molar-refractivity contribution in [2.75, 3.05) is 29.9 Å². The van der Waals surface area contributed by atoms with Gasteiger partial charge in [0.05, 0.1) is 17.1 Å². The van der Waals surface area contributed by atoms with E-state index in [0.717, 1.165) is 49.4 Å². The van der Waals surface area contributed by atoms with Crippen LogP contribution in [0.5, 0.6) is 5.75 Å². The van der Waals surface area contributed by atoms with Gasteiger partial charge in [0.15, 0.2) is 6.61 Å². The number of tetrazole rings is 1. The molecule has 1 aliphatic rings. The summed E-state index contributed by atoms with van der Waals surface area (Å²) < 4.78 is 7.21. The molecule has 0 atom stereocenters. The topological polar surface area (TPSA) is 85.2 Å². The lowest BCUT2D eigenvalue weighted by molar-refractivity contribution is -0.118. The molecule has 29 heavy (non-hydrogen) atoms. The number of rotatable bonds is 7. The predicted octanol–water partition coefficient (Wildman–Crippen LogP) is 2.84. The molecule has 0 saturated carbocycles. The summed E-state index contributed by atoms with van der Waals surface area (Å²) in [5, 5.41) is 14.3. The summed E-state index contributed by atoms with van der Waals surface area (Å²) in [4.78, 5) is 14.9. The van der Waals surface area contributed by atoms with E-state index in [4.69, 9.17) is 4.74 Å². The maximum atomic E-state index is 12.6. The minimum absolute atomic E-state index is 0.0555. The second-order valence-electron chi connectivity index (χ2n) is 6.98. The first-order valence-corrected chi connectivity index (χ1v) is 9.87. The van der Waals surface area contributed by atoms with E-state index >= 15 is 0 Å². The molecule has 1 saturated heterocycles. The normalized spacial score (nSPS) is 13.5. The van der Waals surface area contributed by atoms with Gasteiger partial charge in [0.2, 0.25) is 0 Å². The largest absolute Gasteiger partial charge is 0.484 e. The maximum absolute atomic E-state index is 12.6. The van der Waals surface area contributed by atoms with Gasteiger partial charge in [0.25, 0.3) is 5.91 Å². The Morgan fingerprint density at radius 2 is 1.93 bits per heavy atom. The van der Waals surface area contributed by atoms with Crippen molar-refractivity contribution in [3.8, 4) is 11.4 Å². The highest BCUT2D eigenvalue weighted by molar-refractivity contribution is 5.95. The number of aryl methyl sites for hydroxylation is 1. The molecule has 0 spiro atoms.